The predicted molar refractivity (Wildman–Crippen MR) is 98.9 cm³/mol. The van der Waals surface area contributed by atoms with E-state index in [-0.39, 0.29) is 17.3 Å². The third-order valence-electron chi connectivity index (χ3n) is 5.08. The lowest BCUT2D eigenvalue weighted by molar-refractivity contribution is -0.259. The van der Waals surface area contributed by atoms with Gasteiger partial charge in [-0.25, -0.2) is 14.4 Å². The highest BCUT2D eigenvalue weighted by Gasteiger charge is 2.51. The highest BCUT2D eigenvalue weighted by Crippen LogP contribution is 2.38. The smallest absolute Gasteiger partial charge is 0.376 e. The molecule has 1 fully saturated rings. The molecule has 2 unspecified atom stereocenters. The molecule has 0 amide bonds. The first-order valence-corrected chi connectivity index (χ1v) is 9.07. The summed E-state index contributed by atoms with van der Waals surface area (Å²) in [5.74, 6) is -0.195. The molecule has 0 spiro atoms. The van der Waals surface area contributed by atoms with E-state index in [0.717, 1.165) is 25.7 Å². The molecule has 0 aromatic carbocycles. The second-order valence-electron chi connectivity index (χ2n) is 7.25. The molecule has 4 heterocycles. The fourth-order valence-electron chi connectivity index (χ4n) is 3.31. The van der Waals surface area contributed by atoms with E-state index in [1.807, 2.05) is 0 Å². The van der Waals surface area contributed by atoms with E-state index in [1.54, 1.807) is 0 Å². The maximum atomic E-state index is 14.2. The first kappa shape index (κ1) is 19.6. The van der Waals surface area contributed by atoms with E-state index in [4.69, 9.17) is 0 Å². The van der Waals surface area contributed by atoms with Crippen molar-refractivity contribution in [3.63, 3.8) is 0 Å². The quantitative estimate of drug-likeness (QED) is 0.578. The Morgan fingerprint density at radius 3 is 2.76 bits per heavy atom. The standard InChI is InChI=1S/C19H19F4N5O/c1-18(29,19(21,22)23)11-2-3-17-25-9-15(28(17)10-11)14-6-12(20)7-16(27-14)26-13-4-5-24-8-13/h2-3,6-7,9-10,13,24,29H,4-5,8H2,1H3,(H,26,27). The monoisotopic (exact) mass is 409 g/mol. The summed E-state index contributed by atoms with van der Waals surface area (Å²) in [6.07, 6.45) is -1.43. The van der Waals surface area contributed by atoms with E-state index in [0.29, 0.717) is 24.1 Å². The van der Waals surface area contributed by atoms with Crippen LogP contribution in [0.25, 0.3) is 17.0 Å². The van der Waals surface area contributed by atoms with Gasteiger partial charge in [-0.05, 0) is 26.0 Å². The van der Waals surface area contributed by atoms with Gasteiger partial charge in [0.25, 0.3) is 0 Å². The van der Waals surface area contributed by atoms with E-state index in [1.165, 1.54) is 34.9 Å². The van der Waals surface area contributed by atoms with Crippen LogP contribution < -0.4 is 10.6 Å². The molecule has 3 N–H and O–H groups in total. The summed E-state index contributed by atoms with van der Waals surface area (Å²) in [5, 5.41) is 16.3. The number of alkyl halides is 3. The first-order valence-electron chi connectivity index (χ1n) is 9.07. The van der Waals surface area contributed by atoms with Gasteiger partial charge in [0.1, 0.15) is 17.3 Å². The van der Waals surface area contributed by atoms with E-state index >= 15 is 0 Å². The minimum Gasteiger partial charge on any atom is -0.376 e. The van der Waals surface area contributed by atoms with Crippen molar-refractivity contribution >= 4 is 11.5 Å². The molecule has 6 nitrogen and oxygen atoms in total. The number of nitrogens with one attached hydrogen (secondary N) is 2. The summed E-state index contributed by atoms with van der Waals surface area (Å²) in [5.41, 5.74) is -2.52. The number of rotatable bonds is 4. The normalized spacial score (nSPS) is 19.4. The third-order valence-corrected chi connectivity index (χ3v) is 5.08. The maximum absolute atomic E-state index is 14.2. The molecule has 2 atom stereocenters. The predicted octanol–water partition coefficient (Wildman–Crippen LogP) is 3.08. The van der Waals surface area contributed by atoms with Gasteiger partial charge < -0.3 is 15.7 Å². The molecule has 154 valence electrons. The Hall–Kier alpha value is -2.72. The van der Waals surface area contributed by atoms with Gasteiger partial charge in [0, 0.05) is 36.5 Å². The molecule has 0 aliphatic carbocycles. The highest BCUT2D eigenvalue weighted by molar-refractivity contribution is 5.62. The van der Waals surface area contributed by atoms with Gasteiger partial charge in [-0.2, -0.15) is 13.2 Å². The average Bonchev–Trinajstić information content (AvgIpc) is 3.29. The molecule has 1 saturated heterocycles. The molecule has 3 aromatic rings. The molecule has 1 aliphatic rings. The lowest BCUT2D eigenvalue weighted by atomic mass is 9.97. The third kappa shape index (κ3) is 3.65. The molecule has 3 aromatic heterocycles. The number of anilines is 1. The van der Waals surface area contributed by atoms with Crippen LogP contribution in [0.4, 0.5) is 23.4 Å². The zero-order valence-corrected chi connectivity index (χ0v) is 15.5. The molecule has 29 heavy (non-hydrogen) atoms. The Morgan fingerprint density at radius 1 is 1.28 bits per heavy atom. The molecule has 0 bridgehead atoms. The van der Waals surface area contributed by atoms with Crippen LogP contribution in [-0.4, -0.2) is 44.8 Å². The molecule has 10 heteroatoms. The number of fused-ring (bicyclic) bond motifs is 1. The van der Waals surface area contributed by atoms with Crippen molar-refractivity contribution in [3.05, 3.63) is 48.0 Å². The second kappa shape index (κ2) is 6.96. The van der Waals surface area contributed by atoms with Crippen LogP contribution in [0.2, 0.25) is 0 Å². The van der Waals surface area contributed by atoms with Crippen molar-refractivity contribution in [2.75, 3.05) is 18.4 Å². The van der Waals surface area contributed by atoms with E-state index < -0.39 is 17.6 Å². The van der Waals surface area contributed by atoms with Crippen molar-refractivity contribution in [2.24, 2.45) is 0 Å². The number of aliphatic hydroxyl groups is 1. The molecular formula is C19H19F4N5O. The summed E-state index contributed by atoms with van der Waals surface area (Å²) >= 11 is 0. The summed E-state index contributed by atoms with van der Waals surface area (Å²) in [7, 11) is 0. The topological polar surface area (TPSA) is 74.5 Å². The maximum Gasteiger partial charge on any atom is 0.421 e. The lowest BCUT2D eigenvalue weighted by Crippen LogP contribution is -2.39. The fraction of sp³-hybridized carbons (Fsp3) is 0.368. The van der Waals surface area contributed by atoms with Crippen molar-refractivity contribution < 1.29 is 22.7 Å². The fourth-order valence-corrected chi connectivity index (χ4v) is 3.31. The molecule has 1 aliphatic heterocycles. The van der Waals surface area contributed by atoms with Crippen LogP contribution in [0.5, 0.6) is 0 Å². The van der Waals surface area contributed by atoms with Gasteiger partial charge in [-0.1, -0.05) is 6.07 Å². The van der Waals surface area contributed by atoms with Gasteiger partial charge in [-0.15, -0.1) is 0 Å². The van der Waals surface area contributed by atoms with Gasteiger partial charge >= 0.3 is 6.18 Å². The Kier molecular flexibility index (Phi) is 4.70. The van der Waals surface area contributed by atoms with Crippen LogP contribution in [-0.2, 0) is 5.60 Å². The zero-order chi connectivity index (χ0) is 20.8. The molecule has 4 rings (SSSR count). The van der Waals surface area contributed by atoms with E-state index in [9.17, 15) is 22.7 Å². The van der Waals surface area contributed by atoms with Crippen molar-refractivity contribution in [1.29, 1.82) is 0 Å². The van der Waals surface area contributed by atoms with Crippen LogP contribution in [0.15, 0.2) is 36.7 Å². The summed E-state index contributed by atoms with van der Waals surface area (Å²) in [6.45, 7) is 2.27. The Labute approximate surface area is 163 Å². The van der Waals surface area contributed by atoms with Crippen molar-refractivity contribution in [2.45, 2.75) is 31.2 Å². The lowest BCUT2D eigenvalue weighted by Gasteiger charge is -2.26. The minimum atomic E-state index is -4.86. The number of nitrogens with zero attached hydrogens (tertiary/aromatic N) is 3. The molecule has 0 radical (unpaired) electrons. The van der Waals surface area contributed by atoms with Crippen LogP contribution in [0, 0.1) is 5.82 Å². The number of aromatic nitrogens is 3. The Balaban J connectivity index is 1.76. The van der Waals surface area contributed by atoms with Gasteiger partial charge in [0.2, 0.25) is 0 Å². The average molecular weight is 409 g/mol. The van der Waals surface area contributed by atoms with Gasteiger partial charge in [0.05, 0.1) is 17.6 Å². The number of hydrogen-bond acceptors (Lipinski definition) is 5. The second-order valence-corrected chi connectivity index (χ2v) is 7.25. The van der Waals surface area contributed by atoms with E-state index in [2.05, 4.69) is 20.6 Å². The number of pyridine rings is 2. The van der Waals surface area contributed by atoms with Crippen molar-refractivity contribution in [1.82, 2.24) is 19.7 Å². The number of imidazole rings is 1. The summed E-state index contributed by atoms with van der Waals surface area (Å²) < 4.78 is 55.2. The SMILES string of the molecule is CC(O)(c1ccc2ncc(-c3cc(F)cc(NC4CCNC4)n3)n2c1)C(F)(F)F. The zero-order valence-electron chi connectivity index (χ0n) is 15.5. The molecule has 0 saturated carbocycles. The summed E-state index contributed by atoms with van der Waals surface area (Å²) in [6, 6.07) is 5.11. The Bertz CT molecular complexity index is 1040. The highest BCUT2D eigenvalue weighted by atomic mass is 19.4. The minimum absolute atomic E-state index is 0.118. The van der Waals surface area contributed by atoms with Gasteiger partial charge in [-0.3, -0.25) is 4.40 Å². The number of halogens is 4. The first-order chi connectivity index (χ1) is 13.6. The van der Waals surface area contributed by atoms with Gasteiger partial charge in [0.15, 0.2) is 5.60 Å². The number of hydrogen-bond donors (Lipinski definition) is 3. The van der Waals surface area contributed by atoms with Crippen LogP contribution >= 0.6 is 0 Å². The Morgan fingerprint density at radius 2 is 2.07 bits per heavy atom. The van der Waals surface area contributed by atoms with Crippen LogP contribution in [0.1, 0.15) is 18.9 Å². The molecular weight excluding hydrogens is 390 g/mol. The van der Waals surface area contributed by atoms with Crippen LogP contribution in [0.3, 0.4) is 0 Å². The largest absolute Gasteiger partial charge is 0.421 e. The van der Waals surface area contributed by atoms with Crippen molar-refractivity contribution in [3.8, 4) is 11.4 Å². The summed E-state index contributed by atoms with van der Waals surface area (Å²) in [4.78, 5) is 8.56.